The molecule has 2 aromatic carbocycles. The number of alkyl halides is 3. The van der Waals surface area contributed by atoms with Gasteiger partial charge in [-0.15, -0.1) is 0 Å². The minimum Gasteiger partial charge on any atom is -0.497 e. The van der Waals surface area contributed by atoms with Gasteiger partial charge in [0.2, 0.25) is 0 Å². The number of nitrogens with zero attached hydrogens (tertiary/aromatic N) is 2. The maximum Gasteiger partial charge on any atom is 0.410 e. The summed E-state index contributed by atoms with van der Waals surface area (Å²) in [5.41, 5.74) is 1.94. The van der Waals surface area contributed by atoms with Crippen LogP contribution in [0.4, 0.5) is 24.7 Å². The first kappa shape index (κ1) is 22.5. The second-order valence-electron chi connectivity index (χ2n) is 7.78. The number of aryl methyl sites for hydroxylation is 1. The van der Waals surface area contributed by atoms with Crippen LogP contribution in [-0.4, -0.2) is 36.1 Å². The number of rotatable bonds is 5. The van der Waals surface area contributed by atoms with Crippen LogP contribution >= 0.6 is 0 Å². The van der Waals surface area contributed by atoms with Crippen molar-refractivity contribution in [3.05, 3.63) is 65.4 Å². The van der Waals surface area contributed by atoms with E-state index in [4.69, 9.17) is 9.47 Å². The molecule has 10 heteroatoms. The smallest absolute Gasteiger partial charge is 0.410 e. The molecule has 0 bridgehead atoms. The largest absolute Gasteiger partial charge is 0.497 e. The van der Waals surface area contributed by atoms with Gasteiger partial charge >= 0.3 is 6.18 Å². The fraction of sp³-hybridized carbons (Fsp3) is 0.304. The van der Waals surface area contributed by atoms with Crippen molar-refractivity contribution in [2.45, 2.75) is 31.6 Å². The maximum absolute atomic E-state index is 13.9. The molecule has 0 fully saturated rings. The van der Waals surface area contributed by atoms with Gasteiger partial charge in [-0.05, 0) is 24.6 Å². The van der Waals surface area contributed by atoms with E-state index in [1.165, 1.54) is 20.3 Å². The Kier molecular flexibility index (Phi) is 5.92. The summed E-state index contributed by atoms with van der Waals surface area (Å²) in [6.45, 7) is 1.91. The fourth-order valence-corrected chi connectivity index (χ4v) is 3.79. The lowest BCUT2D eigenvalue weighted by Crippen LogP contribution is -2.35. The Morgan fingerprint density at radius 2 is 1.85 bits per heavy atom. The molecule has 2 heterocycles. The minimum absolute atomic E-state index is 0.126. The van der Waals surface area contributed by atoms with Crippen LogP contribution in [0.2, 0.25) is 0 Å². The summed E-state index contributed by atoms with van der Waals surface area (Å²) < 4.78 is 52.9. The quantitative estimate of drug-likeness (QED) is 0.553. The molecule has 2 N–H and O–H groups in total. The Morgan fingerprint density at radius 1 is 1.12 bits per heavy atom. The van der Waals surface area contributed by atoms with Gasteiger partial charge in [0.15, 0.2) is 11.7 Å². The van der Waals surface area contributed by atoms with Crippen LogP contribution in [-0.2, 0) is 0 Å². The van der Waals surface area contributed by atoms with Crippen LogP contribution in [0.5, 0.6) is 11.5 Å². The maximum atomic E-state index is 13.9. The summed E-state index contributed by atoms with van der Waals surface area (Å²) >= 11 is 0. The molecular formula is C23H23F3N4O3. The van der Waals surface area contributed by atoms with Crippen molar-refractivity contribution in [1.82, 2.24) is 9.78 Å². The molecule has 174 valence electrons. The van der Waals surface area contributed by atoms with Gasteiger partial charge in [0.1, 0.15) is 17.3 Å². The summed E-state index contributed by atoms with van der Waals surface area (Å²) in [6.07, 6.45) is -4.77. The van der Waals surface area contributed by atoms with Crippen LogP contribution in [0.1, 0.15) is 40.1 Å². The summed E-state index contributed by atoms with van der Waals surface area (Å²) in [7, 11) is 2.93. The number of carbonyl (C=O) groups is 1. The van der Waals surface area contributed by atoms with Crippen molar-refractivity contribution < 1.29 is 27.4 Å². The van der Waals surface area contributed by atoms with E-state index in [9.17, 15) is 18.0 Å². The first-order valence-electron chi connectivity index (χ1n) is 10.2. The summed E-state index contributed by atoms with van der Waals surface area (Å²) in [6, 6.07) is 11.0. The zero-order valence-electron chi connectivity index (χ0n) is 18.2. The molecule has 0 saturated heterocycles. The number of methoxy groups -OCH3 is 2. The van der Waals surface area contributed by atoms with Crippen molar-refractivity contribution in [2.75, 3.05) is 24.9 Å². The minimum atomic E-state index is -4.53. The molecule has 0 radical (unpaired) electrons. The van der Waals surface area contributed by atoms with Crippen LogP contribution in [0.25, 0.3) is 0 Å². The van der Waals surface area contributed by atoms with Crippen LogP contribution in [0.3, 0.4) is 0 Å². The third-order valence-corrected chi connectivity index (χ3v) is 5.56. The van der Waals surface area contributed by atoms with Gasteiger partial charge in [0, 0.05) is 18.6 Å². The molecule has 1 aromatic heterocycles. The molecule has 0 aliphatic carbocycles. The van der Waals surface area contributed by atoms with E-state index in [2.05, 4.69) is 15.7 Å². The molecule has 0 unspecified atom stereocenters. The molecule has 1 aliphatic heterocycles. The highest BCUT2D eigenvalue weighted by Gasteiger charge is 2.46. The second kappa shape index (κ2) is 8.68. The first-order chi connectivity index (χ1) is 15.7. The zero-order valence-corrected chi connectivity index (χ0v) is 18.2. The highest BCUT2D eigenvalue weighted by Crippen LogP contribution is 2.43. The zero-order chi connectivity index (χ0) is 23.8. The number of hydrogen-bond donors (Lipinski definition) is 2. The first-order valence-corrected chi connectivity index (χ1v) is 10.2. The highest BCUT2D eigenvalue weighted by molar-refractivity contribution is 6.04. The summed E-state index contributed by atoms with van der Waals surface area (Å²) in [5.74, 6) is 0.343. The number of aromatic nitrogens is 2. The predicted molar refractivity (Wildman–Crippen MR) is 117 cm³/mol. The third-order valence-electron chi connectivity index (χ3n) is 5.56. The Morgan fingerprint density at radius 3 is 2.48 bits per heavy atom. The van der Waals surface area contributed by atoms with Gasteiger partial charge in [-0.25, -0.2) is 4.68 Å². The monoisotopic (exact) mass is 460 g/mol. The van der Waals surface area contributed by atoms with Crippen LogP contribution in [0, 0.1) is 6.92 Å². The van der Waals surface area contributed by atoms with E-state index in [0.717, 1.165) is 15.8 Å². The Labute approximate surface area is 188 Å². The van der Waals surface area contributed by atoms with Crippen molar-refractivity contribution in [3.63, 3.8) is 0 Å². The van der Waals surface area contributed by atoms with Gasteiger partial charge in [0.25, 0.3) is 5.91 Å². The van der Waals surface area contributed by atoms with E-state index < -0.39 is 24.2 Å². The van der Waals surface area contributed by atoms with Gasteiger partial charge in [0.05, 0.1) is 25.9 Å². The molecule has 3 aromatic rings. The molecular weight excluding hydrogens is 437 g/mol. The molecule has 4 rings (SSSR count). The van der Waals surface area contributed by atoms with E-state index in [1.807, 2.05) is 19.1 Å². The van der Waals surface area contributed by atoms with Gasteiger partial charge in [-0.1, -0.05) is 29.8 Å². The van der Waals surface area contributed by atoms with E-state index in [0.29, 0.717) is 17.2 Å². The van der Waals surface area contributed by atoms with Crippen LogP contribution in [0.15, 0.2) is 48.5 Å². The third kappa shape index (κ3) is 4.59. The number of anilines is 2. The Balaban J connectivity index is 1.63. The van der Waals surface area contributed by atoms with Crippen molar-refractivity contribution in [1.29, 1.82) is 0 Å². The lowest BCUT2D eigenvalue weighted by Gasteiger charge is -2.33. The molecule has 33 heavy (non-hydrogen) atoms. The number of nitrogens with one attached hydrogen (secondary N) is 2. The number of fused-ring (bicyclic) bond motifs is 1. The van der Waals surface area contributed by atoms with Crippen molar-refractivity contribution in [3.8, 4) is 11.5 Å². The molecule has 0 spiro atoms. The van der Waals surface area contributed by atoms with Crippen LogP contribution < -0.4 is 20.1 Å². The van der Waals surface area contributed by atoms with Gasteiger partial charge in [-0.2, -0.15) is 18.3 Å². The summed E-state index contributed by atoms with van der Waals surface area (Å²) in [5, 5.41) is 9.71. The SMILES string of the molecule is COc1ccc(NC(=O)c2cc3n(n2)[C@@H](C(F)(F)F)C[C@H](c2ccc(C)cc2)N3)c(OC)c1. The fourth-order valence-electron chi connectivity index (χ4n) is 3.79. The molecule has 1 amide bonds. The van der Waals surface area contributed by atoms with Crippen molar-refractivity contribution >= 4 is 17.4 Å². The number of ether oxygens (including phenoxy) is 2. The Hall–Kier alpha value is -3.69. The summed E-state index contributed by atoms with van der Waals surface area (Å²) in [4.78, 5) is 12.8. The Bertz CT molecular complexity index is 1160. The lowest BCUT2D eigenvalue weighted by atomic mass is 9.96. The topological polar surface area (TPSA) is 77.4 Å². The number of benzene rings is 2. The standard InChI is InChI=1S/C23H23F3N4O3/c1-13-4-6-14(7-5-13)17-11-20(23(24,25)26)30-21(27-17)12-18(29-30)22(31)28-16-9-8-15(32-2)10-19(16)33-3/h4-10,12,17,20,27H,11H2,1-3H3,(H,28,31)/t17-,20-/m1/s1. The van der Waals surface area contributed by atoms with Gasteiger partial charge < -0.3 is 20.1 Å². The van der Waals surface area contributed by atoms with E-state index in [1.54, 1.807) is 30.3 Å². The molecule has 7 nitrogen and oxygen atoms in total. The van der Waals surface area contributed by atoms with Crippen molar-refractivity contribution in [2.24, 2.45) is 0 Å². The van der Waals surface area contributed by atoms with E-state index in [-0.39, 0.29) is 17.9 Å². The predicted octanol–water partition coefficient (Wildman–Crippen LogP) is 5.12. The lowest BCUT2D eigenvalue weighted by molar-refractivity contribution is -0.173. The number of halogens is 3. The number of carbonyl (C=O) groups excluding carboxylic acids is 1. The number of amides is 1. The second-order valence-corrected chi connectivity index (χ2v) is 7.78. The van der Waals surface area contributed by atoms with Gasteiger partial charge in [-0.3, -0.25) is 4.79 Å². The van der Waals surface area contributed by atoms with E-state index >= 15 is 0 Å². The molecule has 0 saturated carbocycles. The normalized spacial score (nSPS) is 17.6. The average molecular weight is 460 g/mol. The number of hydrogen-bond acceptors (Lipinski definition) is 5. The molecule has 1 aliphatic rings. The average Bonchev–Trinajstić information content (AvgIpc) is 3.22. The highest BCUT2D eigenvalue weighted by atomic mass is 19.4. The molecule has 2 atom stereocenters.